The number of hydrogen-bond acceptors (Lipinski definition) is 6. The lowest BCUT2D eigenvalue weighted by Gasteiger charge is -2.04. The second-order valence-corrected chi connectivity index (χ2v) is 5.24. The number of rotatable bonds is 5. The van der Waals surface area contributed by atoms with E-state index in [-0.39, 0.29) is 18.4 Å². The Kier molecular flexibility index (Phi) is 5.52. The second-order valence-electron chi connectivity index (χ2n) is 5.24. The van der Waals surface area contributed by atoms with Gasteiger partial charge in [0.2, 0.25) is 0 Å². The Morgan fingerprint density at radius 3 is 2.57 bits per heavy atom. The first-order valence-electron chi connectivity index (χ1n) is 7.21. The molecule has 0 bridgehead atoms. The topological polar surface area (TPSA) is 77.0 Å². The van der Waals surface area contributed by atoms with Gasteiger partial charge in [0, 0.05) is 18.0 Å². The monoisotopic (exact) mass is 334 g/mol. The normalized spacial score (nSPS) is 12.0. The molecular weight excluding hydrogens is 316 g/mol. The summed E-state index contributed by atoms with van der Waals surface area (Å²) in [6, 6.07) is 10.1. The number of benzene rings is 1. The van der Waals surface area contributed by atoms with Gasteiger partial charge in [0.25, 0.3) is 5.89 Å². The summed E-state index contributed by atoms with van der Waals surface area (Å²) in [7, 11) is 1.91. The van der Waals surface area contributed by atoms with Crippen molar-refractivity contribution < 1.29 is 9.05 Å². The van der Waals surface area contributed by atoms with Crippen molar-refractivity contribution in [1.82, 2.24) is 20.6 Å². The molecule has 0 saturated carbocycles. The maximum absolute atomic E-state index is 5.41. The maximum Gasteiger partial charge on any atom is 0.263 e. The summed E-state index contributed by atoms with van der Waals surface area (Å²) in [6.07, 6.45) is 0.699. The number of nitrogens with one attached hydrogen (secondary N) is 1. The molecule has 1 aromatic carbocycles. The molecule has 3 rings (SSSR count). The molecule has 1 unspecified atom stereocenters. The zero-order valence-electron chi connectivity index (χ0n) is 13.2. The van der Waals surface area contributed by atoms with Crippen LogP contribution in [0.4, 0.5) is 0 Å². The standard InChI is InChI=1S/C16H18N4O2.ClH/c1-10(17-3)9-13-18-16(22-19-13)14-11(2)21-20-15(14)12-7-5-4-6-8-12;/h4-8,10,17H,9H2,1-3H3;1H. The summed E-state index contributed by atoms with van der Waals surface area (Å²) in [5, 5.41) is 11.3. The molecule has 2 aromatic heterocycles. The van der Waals surface area contributed by atoms with Crippen LogP contribution in [0.2, 0.25) is 0 Å². The van der Waals surface area contributed by atoms with Crippen molar-refractivity contribution >= 4 is 12.4 Å². The molecule has 0 aliphatic rings. The van der Waals surface area contributed by atoms with Crippen LogP contribution in [0.25, 0.3) is 22.7 Å². The fourth-order valence-corrected chi connectivity index (χ4v) is 2.23. The fourth-order valence-electron chi connectivity index (χ4n) is 2.23. The highest BCUT2D eigenvalue weighted by molar-refractivity contribution is 5.85. The van der Waals surface area contributed by atoms with Gasteiger partial charge in [-0.2, -0.15) is 4.98 Å². The van der Waals surface area contributed by atoms with Crippen LogP contribution in [-0.2, 0) is 6.42 Å². The van der Waals surface area contributed by atoms with Crippen molar-refractivity contribution in [3.8, 4) is 22.7 Å². The highest BCUT2D eigenvalue weighted by Crippen LogP contribution is 2.33. The average Bonchev–Trinajstić information content (AvgIpc) is 3.14. The first-order valence-corrected chi connectivity index (χ1v) is 7.21. The smallest absolute Gasteiger partial charge is 0.263 e. The largest absolute Gasteiger partial charge is 0.360 e. The van der Waals surface area contributed by atoms with E-state index in [1.54, 1.807) is 0 Å². The Labute approximate surface area is 140 Å². The number of nitrogens with zero attached hydrogens (tertiary/aromatic N) is 3. The van der Waals surface area contributed by atoms with Crippen LogP contribution < -0.4 is 5.32 Å². The van der Waals surface area contributed by atoms with E-state index in [0.717, 1.165) is 16.8 Å². The van der Waals surface area contributed by atoms with Gasteiger partial charge in [0.05, 0.1) is 0 Å². The van der Waals surface area contributed by atoms with Gasteiger partial charge in [-0.3, -0.25) is 0 Å². The minimum Gasteiger partial charge on any atom is -0.360 e. The van der Waals surface area contributed by atoms with Crippen molar-refractivity contribution in [3.63, 3.8) is 0 Å². The van der Waals surface area contributed by atoms with Crippen LogP contribution in [0.3, 0.4) is 0 Å². The van der Waals surface area contributed by atoms with E-state index in [4.69, 9.17) is 9.05 Å². The van der Waals surface area contributed by atoms with Crippen LogP contribution in [0, 0.1) is 6.92 Å². The van der Waals surface area contributed by atoms with Crippen LogP contribution in [0.5, 0.6) is 0 Å². The number of hydrogen-bond donors (Lipinski definition) is 1. The molecule has 0 amide bonds. The molecule has 3 aromatic rings. The Morgan fingerprint density at radius 1 is 1.13 bits per heavy atom. The van der Waals surface area contributed by atoms with Crippen molar-refractivity contribution in [2.75, 3.05) is 7.05 Å². The Balaban J connectivity index is 0.00000192. The van der Waals surface area contributed by atoms with Gasteiger partial charge < -0.3 is 14.4 Å². The molecule has 0 spiro atoms. The van der Waals surface area contributed by atoms with Crippen molar-refractivity contribution in [2.24, 2.45) is 0 Å². The Hall–Kier alpha value is -2.18. The first kappa shape index (κ1) is 17.2. The highest BCUT2D eigenvalue weighted by Gasteiger charge is 2.22. The molecular formula is C16H19ClN4O2. The molecule has 23 heavy (non-hydrogen) atoms. The summed E-state index contributed by atoms with van der Waals surface area (Å²) in [5.74, 6) is 1.77. The van der Waals surface area contributed by atoms with Crippen molar-refractivity contribution in [1.29, 1.82) is 0 Å². The molecule has 0 fully saturated rings. The van der Waals surface area contributed by atoms with Gasteiger partial charge in [0.15, 0.2) is 5.82 Å². The SMILES string of the molecule is CNC(C)Cc1noc(-c2c(-c3ccccc3)noc2C)n1.Cl. The van der Waals surface area contributed by atoms with E-state index < -0.39 is 0 Å². The molecule has 7 heteroatoms. The Morgan fingerprint density at radius 2 is 1.87 bits per heavy atom. The minimum atomic E-state index is 0. The molecule has 1 N–H and O–H groups in total. The predicted octanol–water partition coefficient (Wildman–Crippen LogP) is 3.27. The molecule has 1 atom stereocenters. The van der Waals surface area contributed by atoms with Crippen molar-refractivity contribution in [2.45, 2.75) is 26.3 Å². The summed E-state index contributed by atoms with van der Waals surface area (Å²) < 4.78 is 10.7. The summed E-state index contributed by atoms with van der Waals surface area (Å²) in [5.41, 5.74) is 2.43. The lowest BCUT2D eigenvalue weighted by molar-refractivity contribution is 0.396. The Bertz CT molecular complexity index is 755. The van der Waals surface area contributed by atoms with E-state index >= 15 is 0 Å². The van der Waals surface area contributed by atoms with E-state index in [1.165, 1.54) is 0 Å². The van der Waals surface area contributed by atoms with E-state index in [1.807, 2.05) is 44.3 Å². The number of aryl methyl sites for hydroxylation is 1. The summed E-state index contributed by atoms with van der Waals surface area (Å²) in [4.78, 5) is 4.47. The summed E-state index contributed by atoms with van der Waals surface area (Å²) >= 11 is 0. The molecule has 0 saturated heterocycles. The van der Waals surface area contributed by atoms with Gasteiger partial charge in [-0.05, 0) is 20.9 Å². The van der Waals surface area contributed by atoms with E-state index in [2.05, 4.69) is 27.5 Å². The van der Waals surface area contributed by atoms with Gasteiger partial charge in [-0.1, -0.05) is 40.6 Å². The van der Waals surface area contributed by atoms with Crippen molar-refractivity contribution in [3.05, 3.63) is 41.9 Å². The third kappa shape index (κ3) is 3.60. The van der Waals surface area contributed by atoms with Gasteiger partial charge in [0.1, 0.15) is 17.0 Å². The molecule has 0 aliphatic carbocycles. The van der Waals surface area contributed by atoms with Gasteiger partial charge >= 0.3 is 0 Å². The van der Waals surface area contributed by atoms with E-state index in [9.17, 15) is 0 Å². The van der Waals surface area contributed by atoms with Crippen LogP contribution in [0.1, 0.15) is 18.5 Å². The summed E-state index contributed by atoms with van der Waals surface area (Å²) in [6.45, 7) is 3.91. The molecule has 2 heterocycles. The number of halogens is 1. The van der Waals surface area contributed by atoms with Crippen LogP contribution >= 0.6 is 12.4 Å². The fraction of sp³-hybridized carbons (Fsp3) is 0.312. The average molecular weight is 335 g/mol. The quantitative estimate of drug-likeness (QED) is 0.771. The second kappa shape index (κ2) is 7.39. The molecule has 0 radical (unpaired) electrons. The number of aromatic nitrogens is 3. The maximum atomic E-state index is 5.41. The predicted molar refractivity (Wildman–Crippen MR) is 89.4 cm³/mol. The van der Waals surface area contributed by atoms with Crippen LogP contribution in [0.15, 0.2) is 39.4 Å². The lowest BCUT2D eigenvalue weighted by atomic mass is 10.1. The lowest BCUT2D eigenvalue weighted by Crippen LogP contribution is -2.24. The third-order valence-electron chi connectivity index (χ3n) is 3.57. The molecule has 122 valence electrons. The zero-order valence-corrected chi connectivity index (χ0v) is 14.1. The molecule has 6 nitrogen and oxygen atoms in total. The minimum absolute atomic E-state index is 0. The van der Waals surface area contributed by atoms with Gasteiger partial charge in [-0.15, -0.1) is 12.4 Å². The first-order chi connectivity index (χ1) is 10.7. The van der Waals surface area contributed by atoms with Gasteiger partial charge in [-0.25, -0.2) is 0 Å². The highest BCUT2D eigenvalue weighted by atomic mass is 35.5. The molecule has 0 aliphatic heterocycles. The number of likely N-dealkylation sites (N-methyl/N-ethyl adjacent to an activating group) is 1. The van der Waals surface area contributed by atoms with E-state index in [0.29, 0.717) is 23.9 Å². The van der Waals surface area contributed by atoms with Crippen LogP contribution in [-0.4, -0.2) is 28.4 Å². The third-order valence-corrected chi connectivity index (χ3v) is 3.57. The zero-order chi connectivity index (χ0) is 15.5.